The van der Waals surface area contributed by atoms with Gasteiger partial charge < -0.3 is 27.3 Å². The zero-order valence-corrected chi connectivity index (χ0v) is 7.83. The maximum absolute atomic E-state index is 8.09. The number of aliphatic hydroxyl groups excluding tert-OH is 2. The Hall–Kier alpha value is -0.460. The van der Waals surface area contributed by atoms with Crippen LogP contribution < -0.4 is 12.3 Å². The van der Waals surface area contributed by atoms with E-state index in [0.29, 0.717) is 13.2 Å². The van der Waals surface area contributed by atoms with Crippen molar-refractivity contribution in [3.05, 3.63) is 12.7 Å². The number of hydrogen-bond acceptors (Lipinski definition) is 5. The zero-order valence-electron chi connectivity index (χ0n) is 7.83. The molecule has 0 radical (unpaired) electrons. The van der Waals surface area contributed by atoms with Crippen molar-refractivity contribution in [1.82, 2.24) is 12.3 Å². The van der Waals surface area contributed by atoms with Gasteiger partial charge >= 0.3 is 0 Å². The molecule has 0 atom stereocenters. The van der Waals surface area contributed by atoms with E-state index in [-0.39, 0.29) is 25.5 Å². The highest BCUT2D eigenvalue weighted by Crippen LogP contribution is 1.68. The molecule has 0 heterocycles. The van der Waals surface area contributed by atoms with Crippen LogP contribution in [-0.4, -0.2) is 36.6 Å². The third-order valence-electron chi connectivity index (χ3n) is 0.471. The highest BCUT2D eigenvalue weighted by Gasteiger charge is 1.79. The Kier molecular flexibility index (Phi) is 58.7. The first-order valence-electron chi connectivity index (χ1n) is 3.20. The summed E-state index contributed by atoms with van der Waals surface area (Å²) in [6, 6.07) is 0. The highest BCUT2D eigenvalue weighted by atomic mass is 16.5. The maximum atomic E-state index is 8.09. The van der Waals surface area contributed by atoms with E-state index in [4.69, 9.17) is 10.2 Å². The molecule has 0 saturated carbocycles. The maximum Gasteiger partial charge on any atom is 0.0698 e. The predicted octanol–water partition coefficient (Wildman–Crippen LogP) is 0.504. The van der Waals surface area contributed by atoms with Crippen LogP contribution in [0.4, 0.5) is 0 Å². The fourth-order valence-corrected chi connectivity index (χ4v) is 0.231. The van der Waals surface area contributed by atoms with E-state index in [1.165, 1.54) is 0 Å². The highest BCUT2D eigenvalue weighted by molar-refractivity contribution is 4.51. The van der Waals surface area contributed by atoms with Crippen molar-refractivity contribution >= 4 is 0 Å². The molecule has 0 saturated heterocycles. The molecule has 78 valence electrons. The van der Waals surface area contributed by atoms with Crippen LogP contribution in [0.1, 0.15) is 6.92 Å². The summed E-state index contributed by atoms with van der Waals surface area (Å²) in [5.74, 6) is 0. The van der Waals surface area contributed by atoms with E-state index in [9.17, 15) is 0 Å². The van der Waals surface area contributed by atoms with Crippen LogP contribution in [0.5, 0.6) is 0 Å². The molecular formula is C7H22N2O3. The van der Waals surface area contributed by atoms with E-state index in [1.54, 1.807) is 6.08 Å². The first kappa shape index (κ1) is 22.5. The molecule has 0 aromatic carbocycles. The van der Waals surface area contributed by atoms with Crippen molar-refractivity contribution in [2.75, 3.05) is 26.4 Å². The second-order valence-electron chi connectivity index (χ2n) is 1.47. The fourth-order valence-electron chi connectivity index (χ4n) is 0.231. The summed E-state index contributed by atoms with van der Waals surface area (Å²) in [7, 11) is 0. The van der Waals surface area contributed by atoms with Gasteiger partial charge in [0.2, 0.25) is 0 Å². The van der Waals surface area contributed by atoms with Gasteiger partial charge in [0, 0.05) is 0 Å². The second-order valence-corrected chi connectivity index (χ2v) is 1.47. The summed E-state index contributed by atoms with van der Waals surface area (Å²) in [6.45, 7) is 5.95. The SMILES string of the molecule is C=CC.N.N.OCCOCCO. The quantitative estimate of drug-likeness (QED) is 0.373. The van der Waals surface area contributed by atoms with Gasteiger partial charge in [-0.1, -0.05) is 6.08 Å². The molecule has 5 heteroatoms. The lowest BCUT2D eigenvalue weighted by Crippen LogP contribution is -2.03. The van der Waals surface area contributed by atoms with Gasteiger partial charge in [0.25, 0.3) is 0 Å². The minimum atomic E-state index is 0. The molecule has 12 heavy (non-hydrogen) atoms. The lowest BCUT2D eigenvalue weighted by Gasteiger charge is -1.94. The molecule has 0 bridgehead atoms. The molecule has 0 amide bonds. The van der Waals surface area contributed by atoms with Gasteiger partial charge in [0.15, 0.2) is 0 Å². The Morgan fingerprint density at radius 3 is 1.58 bits per heavy atom. The lowest BCUT2D eigenvalue weighted by molar-refractivity contribution is 0.0650. The van der Waals surface area contributed by atoms with Crippen molar-refractivity contribution in [2.24, 2.45) is 0 Å². The molecule has 5 nitrogen and oxygen atoms in total. The summed E-state index contributed by atoms with van der Waals surface area (Å²) >= 11 is 0. The smallest absolute Gasteiger partial charge is 0.0698 e. The summed E-state index contributed by atoms with van der Waals surface area (Å²) in [5.41, 5.74) is 0. The van der Waals surface area contributed by atoms with Gasteiger partial charge in [-0.25, -0.2) is 0 Å². The van der Waals surface area contributed by atoms with Crippen LogP contribution in [-0.2, 0) is 4.74 Å². The van der Waals surface area contributed by atoms with E-state index < -0.39 is 0 Å². The molecule has 0 fully saturated rings. The van der Waals surface area contributed by atoms with E-state index in [2.05, 4.69) is 11.3 Å². The molecule has 0 aliphatic heterocycles. The number of ether oxygens (including phenoxy) is 1. The van der Waals surface area contributed by atoms with Gasteiger partial charge in [0.05, 0.1) is 26.4 Å². The van der Waals surface area contributed by atoms with E-state index in [1.807, 2.05) is 6.92 Å². The van der Waals surface area contributed by atoms with Gasteiger partial charge in [-0.2, -0.15) is 0 Å². The first-order valence-corrected chi connectivity index (χ1v) is 3.20. The predicted molar refractivity (Wildman–Crippen MR) is 50.9 cm³/mol. The van der Waals surface area contributed by atoms with Crippen LogP contribution in [0.2, 0.25) is 0 Å². The molecule has 0 aromatic heterocycles. The fraction of sp³-hybridized carbons (Fsp3) is 0.714. The Bertz CT molecular complexity index is 58.6. The van der Waals surface area contributed by atoms with Crippen molar-refractivity contribution < 1.29 is 14.9 Å². The molecule has 0 rings (SSSR count). The van der Waals surface area contributed by atoms with Crippen molar-refractivity contribution in [2.45, 2.75) is 6.92 Å². The number of allylic oxidation sites excluding steroid dienone is 1. The first-order chi connectivity index (χ1) is 4.83. The largest absolute Gasteiger partial charge is 0.394 e. The average molecular weight is 182 g/mol. The molecule has 0 aliphatic carbocycles. The summed E-state index contributed by atoms with van der Waals surface area (Å²) < 4.78 is 4.63. The zero-order chi connectivity index (χ0) is 8.24. The third kappa shape index (κ3) is 55.5. The standard InChI is InChI=1S/C4H10O3.C3H6.2H3N/c5-1-3-7-4-2-6;1-3-2;;/h5-6H,1-4H2;3H,1H2,2H3;2*1H3. The van der Waals surface area contributed by atoms with Gasteiger partial charge in [0.1, 0.15) is 0 Å². The third-order valence-corrected chi connectivity index (χ3v) is 0.471. The molecule has 0 aliphatic rings. The van der Waals surface area contributed by atoms with Gasteiger partial charge in [-0.3, -0.25) is 0 Å². The van der Waals surface area contributed by atoms with E-state index >= 15 is 0 Å². The van der Waals surface area contributed by atoms with Crippen LogP contribution in [0.3, 0.4) is 0 Å². The number of aliphatic hydroxyl groups is 2. The van der Waals surface area contributed by atoms with Crippen molar-refractivity contribution in [1.29, 1.82) is 0 Å². The summed E-state index contributed by atoms with van der Waals surface area (Å²) in [6.07, 6.45) is 1.75. The van der Waals surface area contributed by atoms with Gasteiger partial charge in [-0.15, -0.1) is 6.58 Å². The topological polar surface area (TPSA) is 120 Å². The molecule has 0 unspecified atom stereocenters. The second kappa shape index (κ2) is 31.3. The summed E-state index contributed by atoms with van der Waals surface area (Å²) in [4.78, 5) is 0. The number of hydrogen-bond donors (Lipinski definition) is 4. The van der Waals surface area contributed by atoms with Crippen LogP contribution in [0, 0.1) is 0 Å². The lowest BCUT2D eigenvalue weighted by atomic mass is 10.7. The Labute approximate surface area is 74.2 Å². The van der Waals surface area contributed by atoms with Gasteiger partial charge in [-0.05, 0) is 6.92 Å². The Balaban J connectivity index is -0.0000000569. The van der Waals surface area contributed by atoms with Crippen LogP contribution in [0.15, 0.2) is 12.7 Å². The average Bonchev–Trinajstić information content (AvgIpc) is 1.91. The van der Waals surface area contributed by atoms with Crippen LogP contribution >= 0.6 is 0 Å². The minimum absolute atomic E-state index is 0. The van der Waals surface area contributed by atoms with E-state index in [0.717, 1.165) is 0 Å². The Morgan fingerprint density at radius 1 is 1.17 bits per heavy atom. The normalized spacial score (nSPS) is 6.58. The molecule has 0 spiro atoms. The van der Waals surface area contributed by atoms with Crippen molar-refractivity contribution in [3.63, 3.8) is 0 Å². The minimum Gasteiger partial charge on any atom is -0.394 e. The molecule has 0 aromatic rings. The Morgan fingerprint density at radius 2 is 1.42 bits per heavy atom. The monoisotopic (exact) mass is 182 g/mol. The molecule has 8 N–H and O–H groups in total. The van der Waals surface area contributed by atoms with Crippen molar-refractivity contribution in [3.8, 4) is 0 Å². The molecular weight excluding hydrogens is 160 g/mol. The number of rotatable bonds is 4. The van der Waals surface area contributed by atoms with Crippen LogP contribution in [0.25, 0.3) is 0 Å². The summed E-state index contributed by atoms with van der Waals surface area (Å²) in [5, 5.41) is 16.2.